The van der Waals surface area contributed by atoms with Crippen LogP contribution in [0.3, 0.4) is 0 Å². The standard InChI is InChI=1S/C26H26N4O3/c1-3-12-30-15-22(26(32)29-33)24(16-30)28-25(31)19-10-8-18(9-11-19)14-20-13-17(2)27-23-7-5-4-6-21(20)23/h1,4-11,13,22,24,33H,12,14-16H2,2H3,(H,28,31)(H,29,32)/t22-,24+/m0/s1. The van der Waals surface area contributed by atoms with Gasteiger partial charge in [-0.15, -0.1) is 6.42 Å². The van der Waals surface area contributed by atoms with E-state index in [1.54, 1.807) is 17.6 Å². The molecule has 3 aromatic rings. The molecular formula is C26H26N4O3. The molecule has 0 aliphatic carbocycles. The fourth-order valence-corrected chi connectivity index (χ4v) is 4.43. The normalized spacial score (nSPS) is 18.1. The number of hydrogen-bond donors (Lipinski definition) is 3. The van der Waals surface area contributed by atoms with Crippen molar-refractivity contribution in [2.75, 3.05) is 19.6 Å². The number of nitrogens with zero attached hydrogens (tertiary/aromatic N) is 2. The number of hydrogen-bond acceptors (Lipinski definition) is 5. The number of para-hydroxylation sites is 1. The molecule has 2 amide bonds. The van der Waals surface area contributed by atoms with Crippen molar-refractivity contribution in [3.8, 4) is 12.3 Å². The smallest absolute Gasteiger partial charge is 0.251 e. The zero-order valence-corrected chi connectivity index (χ0v) is 18.4. The van der Waals surface area contributed by atoms with E-state index in [1.807, 2.05) is 42.2 Å². The Bertz CT molecular complexity index is 1220. The second-order valence-corrected chi connectivity index (χ2v) is 8.37. The molecule has 33 heavy (non-hydrogen) atoms. The van der Waals surface area contributed by atoms with Crippen LogP contribution >= 0.6 is 0 Å². The molecule has 1 saturated heterocycles. The minimum atomic E-state index is -0.574. The zero-order valence-electron chi connectivity index (χ0n) is 18.4. The number of terminal acetylenes is 1. The Morgan fingerprint density at radius 2 is 1.94 bits per heavy atom. The van der Waals surface area contributed by atoms with Crippen LogP contribution in [0.2, 0.25) is 0 Å². The van der Waals surface area contributed by atoms with E-state index < -0.39 is 17.9 Å². The molecule has 2 atom stereocenters. The molecule has 4 rings (SSSR count). The Morgan fingerprint density at radius 3 is 2.67 bits per heavy atom. The van der Waals surface area contributed by atoms with Gasteiger partial charge in [0, 0.05) is 29.7 Å². The second-order valence-electron chi connectivity index (χ2n) is 8.37. The monoisotopic (exact) mass is 442 g/mol. The Hall–Kier alpha value is -3.73. The van der Waals surface area contributed by atoms with Crippen LogP contribution in [0.25, 0.3) is 10.9 Å². The topological polar surface area (TPSA) is 94.6 Å². The van der Waals surface area contributed by atoms with Crippen LogP contribution in [-0.4, -0.2) is 52.6 Å². The largest absolute Gasteiger partial charge is 0.347 e. The van der Waals surface area contributed by atoms with Crippen molar-refractivity contribution in [2.24, 2.45) is 5.92 Å². The number of carbonyl (C=O) groups is 2. The summed E-state index contributed by atoms with van der Waals surface area (Å²) in [6.07, 6.45) is 6.11. The first kappa shape index (κ1) is 22.5. The van der Waals surface area contributed by atoms with Gasteiger partial charge in [0.25, 0.3) is 5.91 Å². The molecule has 0 radical (unpaired) electrons. The zero-order chi connectivity index (χ0) is 23.4. The van der Waals surface area contributed by atoms with E-state index in [-0.39, 0.29) is 5.91 Å². The van der Waals surface area contributed by atoms with Crippen molar-refractivity contribution in [2.45, 2.75) is 19.4 Å². The highest BCUT2D eigenvalue weighted by atomic mass is 16.5. The third kappa shape index (κ3) is 5.03. The lowest BCUT2D eigenvalue weighted by molar-refractivity contribution is -0.133. The predicted molar refractivity (Wildman–Crippen MR) is 126 cm³/mol. The quantitative estimate of drug-likeness (QED) is 0.309. The van der Waals surface area contributed by atoms with Gasteiger partial charge in [-0.25, -0.2) is 5.48 Å². The molecule has 7 nitrogen and oxygen atoms in total. The minimum Gasteiger partial charge on any atom is -0.347 e. The lowest BCUT2D eigenvalue weighted by atomic mass is 9.99. The highest BCUT2D eigenvalue weighted by Crippen LogP contribution is 2.22. The highest BCUT2D eigenvalue weighted by Gasteiger charge is 2.38. The van der Waals surface area contributed by atoms with E-state index in [0.29, 0.717) is 25.2 Å². The SMILES string of the molecule is C#CCN1C[C@H](C(=O)NO)[C@H](NC(=O)c2ccc(Cc3cc(C)nc4ccccc34)cc2)C1. The van der Waals surface area contributed by atoms with Crippen LogP contribution in [-0.2, 0) is 11.2 Å². The molecule has 2 heterocycles. The summed E-state index contributed by atoms with van der Waals surface area (Å²) in [6, 6.07) is 17.2. The number of hydroxylamine groups is 1. The Balaban J connectivity index is 1.47. The number of likely N-dealkylation sites (tertiary alicyclic amines) is 1. The molecule has 0 saturated carbocycles. The van der Waals surface area contributed by atoms with Crippen LogP contribution < -0.4 is 10.8 Å². The number of rotatable bonds is 6. The first-order valence-electron chi connectivity index (χ1n) is 10.8. The van der Waals surface area contributed by atoms with Crippen molar-refractivity contribution < 1.29 is 14.8 Å². The third-order valence-electron chi connectivity index (χ3n) is 6.01. The number of benzene rings is 2. The predicted octanol–water partition coefficient (Wildman–Crippen LogP) is 2.30. The molecule has 0 unspecified atom stereocenters. The van der Waals surface area contributed by atoms with Gasteiger partial charge in [-0.1, -0.05) is 36.3 Å². The summed E-state index contributed by atoms with van der Waals surface area (Å²) in [4.78, 5) is 31.4. The molecule has 1 fully saturated rings. The second kappa shape index (κ2) is 9.82. The highest BCUT2D eigenvalue weighted by molar-refractivity contribution is 5.95. The number of aryl methyl sites for hydroxylation is 1. The summed E-state index contributed by atoms with van der Waals surface area (Å²) in [7, 11) is 0. The maximum atomic E-state index is 12.8. The lowest BCUT2D eigenvalue weighted by Crippen LogP contribution is -2.45. The minimum absolute atomic E-state index is 0.268. The lowest BCUT2D eigenvalue weighted by Gasteiger charge is -2.18. The fourth-order valence-electron chi connectivity index (χ4n) is 4.43. The molecule has 168 valence electrons. The maximum Gasteiger partial charge on any atom is 0.251 e. The first-order valence-corrected chi connectivity index (χ1v) is 10.8. The number of pyridine rings is 1. The Labute approximate surface area is 192 Å². The van der Waals surface area contributed by atoms with Crippen molar-refractivity contribution in [3.05, 3.63) is 77.0 Å². The van der Waals surface area contributed by atoms with Gasteiger partial charge >= 0.3 is 0 Å². The van der Waals surface area contributed by atoms with Gasteiger partial charge in [-0.3, -0.25) is 24.7 Å². The van der Waals surface area contributed by atoms with Crippen molar-refractivity contribution in [3.63, 3.8) is 0 Å². The van der Waals surface area contributed by atoms with Crippen LogP contribution in [0.4, 0.5) is 0 Å². The molecule has 2 aromatic carbocycles. The summed E-state index contributed by atoms with van der Waals surface area (Å²) in [6.45, 7) is 3.18. The van der Waals surface area contributed by atoms with E-state index in [1.165, 1.54) is 5.56 Å². The van der Waals surface area contributed by atoms with Gasteiger partial charge in [-0.05, 0) is 48.7 Å². The number of fused-ring (bicyclic) bond motifs is 1. The molecule has 1 aromatic heterocycles. The molecule has 0 spiro atoms. The molecule has 1 aliphatic heterocycles. The molecular weight excluding hydrogens is 416 g/mol. The van der Waals surface area contributed by atoms with E-state index in [9.17, 15) is 9.59 Å². The van der Waals surface area contributed by atoms with Gasteiger partial charge in [0.2, 0.25) is 5.91 Å². The Kier molecular flexibility index (Phi) is 6.68. The molecule has 3 N–H and O–H groups in total. The average molecular weight is 443 g/mol. The third-order valence-corrected chi connectivity index (χ3v) is 6.01. The van der Waals surface area contributed by atoms with E-state index in [2.05, 4.69) is 28.4 Å². The number of amides is 2. The maximum absolute atomic E-state index is 12.8. The van der Waals surface area contributed by atoms with Gasteiger partial charge in [0.05, 0.1) is 24.0 Å². The van der Waals surface area contributed by atoms with Gasteiger partial charge in [0.1, 0.15) is 0 Å². The molecule has 1 aliphatic rings. The van der Waals surface area contributed by atoms with Gasteiger partial charge < -0.3 is 5.32 Å². The number of carbonyl (C=O) groups excluding carboxylic acids is 2. The van der Waals surface area contributed by atoms with Crippen molar-refractivity contribution in [1.82, 2.24) is 20.7 Å². The van der Waals surface area contributed by atoms with Crippen LogP contribution in [0, 0.1) is 25.2 Å². The summed E-state index contributed by atoms with van der Waals surface area (Å²) in [5.41, 5.74) is 6.41. The fraction of sp³-hybridized carbons (Fsp3) is 0.269. The summed E-state index contributed by atoms with van der Waals surface area (Å²) in [5.74, 6) is 1.17. The molecule has 0 bridgehead atoms. The number of nitrogens with one attached hydrogen (secondary N) is 2. The van der Waals surface area contributed by atoms with Gasteiger partial charge in [0.15, 0.2) is 0 Å². The Morgan fingerprint density at radius 1 is 1.18 bits per heavy atom. The van der Waals surface area contributed by atoms with Crippen LogP contribution in [0.15, 0.2) is 54.6 Å². The van der Waals surface area contributed by atoms with Crippen molar-refractivity contribution in [1.29, 1.82) is 0 Å². The van der Waals surface area contributed by atoms with Crippen molar-refractivity contribution >= 4 is 22.7 Å². The van der Waals surface area contributed by atoms with E-state index >= 15 is 0 Å². The van der Waals surface area contributed by atoms with Gasteiger partial charge in [-0.2, -0.15) is 0 Å². The summed E-state index contributed by atoms with van der Waals surface area (Å²) < 4.78 is 0. The first-order chi connectivity index (χ1) is 16.0. The van der Waals surface area contributed by atoms with Crippen LogP contribution in [0.5, 0.6) is 0 Å². The summed E-state index contributed by atoms with van der Waals surface area (Å²) in [5, 5.41) is 13.1. The average Bonchev–Trinajstić information content (AvgIpc) is 3.21. The number of aromatic nitrogens is 1. The summed E-state index contributed by atoms with van der Waals surface area (Å²) >= 11 is 0. The van der Waals surface area contributed by atoms with E-state index in [0.717, 1.165) is 28.6 Å². The molecule has 7 heteroatoms. The van der Waals surface area contributed by atoms with Crippen LogP contribution in [0.1, 0.15) is 27.2 Å². The van der Waals surface area contributed by atoms with E-state index in [4.69, 9.17) is 11.6 Å².